The highest BCUT2D eigenvalue weighted by Crippen LogP contribution is 2.11. The number of carbonyl (C=O) groups is 1. The van der Waals surface area contributed by atoms with Crippen LogP contribution in [-0.4, -0.2) is 12.1 Å². The van der Waals surface area contributed by atoms with Crippen molar-refractivity contribution >= 4 is 5.97 Å². The monoisotopic (exact) mass is 195 g/mol. The molecule has 0 aliphatic heterocycles. The lowest BCUT2D eigenvalue weighted by molar-refractivity contribution is -0.143. The minimum absolute atomic E-state index is 0.0363. The van der Waals surface area contributed by atoms with Gasteiger partial charge in [0.15, 0.2) is 0 Å². The topological polar surface area (TPSA) is 50.1 Å². The highest BCUT2D eigenvalue weighted by molar-refractivity contribution is 5.82. The zero-order valence-electron chi connectivity index (χ0n) is 8.99. The van der Waals surface area contributed by atoms with Crippen LogP contribution in [0.5, 0.6) is 0 Å². The summed E-state index contributed by atoms with van der Waals surface area (Å²) in [5.41, 5.74) is 0. The highest BCUT2D eigenvalue weighted by Gasteiger charge is 2.11. The first-order valence-electron chi connectivity index (χ1n) is 4.86. The second kappa shape index (κ2) is 7.14. The van der Waals surface area contributed by atoms with E-state index in [0.717, 1.165) is 25.0 Å². The van der Waals surface area contributed by atoms with Gasteiger partial charge >= 0.3 is 5.97 Å². The molecule has 3 nitrogen and oxygen atoms in total. The number of ether oxygens (including phenoxy) is 1. The third-order valence-corrected chi connectivity index (χ3v) is 1.77. The molecule has 0 spiro atoms. The fourth-order valence-electron chi connectivity index (χ4n) is 1.13. The normalized spacial score (nSPS) is 12.8. The second-order valence-corrected chi connectivity index (χ2v) is 3.56. The summed E-state index contributed by atoms with van der Waals surface area (Å²) in [4.78, 5) is 11.1. The molecule has 1 atom stereocenters. The largest absolute Gasteiger partial charge is 0.459 e. The molecule has 0 saturated heterocycles. The van der Waals surface area contributed by atoms with Crippen molar-refractivity contribution in [2.24, 2.45) is 5.92 Å². The Morgan fingerprint density at radius 2 is 2.21 bits per heavy atom. The molecule has 1 unspecified atom stereocenters. The van der Waals surface area contributed by atoms with Gasteiger partial charge in [-0.05, 0) is 18.8 Å². The standard InChI is InChI=1S/C11H17NO2/c1-4-10(8-9(2)3)14-11(13)6-5-7-12/h5-6,9-10H,4,8H2,1-3H3. The van der Waals surface area contributed by atoms with Crippen molar-refractivity contribution < 1.29 is 9.53 Å². The number of rotatable bonds is 5. The fourth-order valence-corrected chi connectivity index (χ4v) is 1.13. The molecule has 14 heavy (non-hydrogen) atoms. The van der Waals surface area contributed by atoms with E-state index in [1.165, 1.54) is 0 Å². The third-order valence-electron chi connectivity index (χ3n) is 1.77. The third kappa shape index (κ3) is 6.24. The molecule has 0 amide bonds. The molecular weight excluding hydrogens is 178 g/mol. The molecule has 0 radical (unpaired) electrons. The average molecular weight is 195 g/mol. The number of nitrogens with zero attached hydrogens (tertiary/aromatic N) is 1. The van der Waals surface area contributed by atoms with Crippen LogP contribution in [0.2, 0.25) is 0 Å². The maximum absolute atomic E-state index is 11.1. The van der Waals surface area contributed by atoms with Gasteiger partial charge in [-0.3, -0.25) is 0 Å². The van der Waals surface area contributed by atoms with Gasteiger partial charge in [0.1, 0.15) is 6.10 Å². The lowest BCUT2D eigenvalue weighted by Crippen LogP contribution is -2.17. The highest BCUT2D eigenvalue weighted by atomic mass is 16.5. The van der Waals surface area contributed by atoms with Crippen LogP contribution < -0.4 is 0 Å². The number of hydrogen-bond donors (Lipinski definition) is 0. The van der Waals surface area contributed by atoms with E-state index < -0.39 is 5.97 Å². The lowest BCUT2D eigenvalue weighted by Gasteiger charge is -2.16. The van der Waals surface area contributed by atoms with Crippen molar-refractivity contribution in [1.29, 1.82) is 5.26 Å². The second-order valence-electron chi connectivity index (χ2n) is 3.56. The number of hydrogen-bond acceptors (Lipinski definition) is 3. The minimum Gasteiger partial charge on any atom is -0.459 e. The van der Waals surface area contributed by atoms with Gasteiger partial charge in [-0.25, -0.2) is 4.79 Å². The molecule has 0 aromatic heterocycles. The summed E-state index contributed by atoms with van der Waals surface area (Å²) in [6, 6.07) is 1.75. The smallest absolute Gasteiger partial charge is 0.331 e. The Balaban J connectivity index is 3.99. The van der Waals surface area contributed by atoms with Crippen LogP contribution in [0.25, 0.3) is 0 Å². The lowest BCUT2D eigenvalue weighted by atomic mass is 10.0. The van der Waals surface area contributed by atoms with E-state index in [0.29, 0.717) is 5.92 Å². The Kier molecular flexibility index (Phi) is 6.47. The zero-order valence-corrected chi connectivity index (χ0v) is 8.99. The Morgan fingerprint density at radius 3 is 2.64 bits per heavy atom. The van der Waals surface area contributed by atoms with Crippen molar-refractivity contribution in [1.82, 2.24) is 0 Å². The van der Waals surface area contributed by atoms with Crippen LogP contribution in [-0.2, 0) is 9.53 Å². The molecule has 0 aromatic carbocycles. The van der Waals surface area contributed by atoms with Gasteiger partial charge in [0, 0.05) is 12.2 Å². The first-order chi connectivity index (χ1) is 6.60. The molecule has 0 aliphatic rings. The molecule has 0 rings (SSSR count). The summed E-state index contributed by atoms with van der Waals surface area (Å²) < 4.78 is 5.14. The van der Waals surface area contributed by atoms with E-state index in [1.54, 1.807) is 6.07 Å². The van der Waals surface area contributed by atoms with Gasteiger partial charge < -0.3 is 4.74 Å². The van der Waals surface area contributed by atoms with Crippen LogP contribution in [0.3, 0.4) is 0 Å². The maximum Gasteiger partial charge on any atom is 0.331 e. The molecule has 0 fully saturated rings. The van der Waals surface area contributed by atoms with Gasteiger partial charge in [-0.1, -0.05) is 20.8 Å². The maximum atomic E-state index is 11.1. The van der Waals surface area contributed by atoms with Crippen molar-refractivity contribution in [3.63, 3.8) is 0 Å². The molecule has 3 heteroatoms. The Bertz CT molecular complexity index is 238. The Hall–Kier alpha value is -1.30. The molecule has 0 N–H and O–H groups in total. The number of esters is 1. The minimum atomic E-state index is -0.431. The van der Waals surface area contributed by atoms with Gasteiger partial charge in [-0.15, -0.1) is 0 Å². The predicted octanol–water partition coefficient (Wildman–Crippen LogP) is 2.43. The van der Waals surface area contributed by atoms with Gasteiger partial charge in [-0.2, -0.15) is 5.26 Å². The average Bonchev–Trinajstić information content (AvgIpc) is 2.12. The Labute approximate surface area is 85.4 Å². The van der Waals surface area contributed by atoms with Crippen LogP contribution in [0.15, 0.2) is 12.2 Å². The SMILES string of the molecule is CCC(CC(C)C)OC(=O)C=CC#N. The summed E-state index contributed by atoms with van der Waals surface area (Å²) in [7, 11) is 0. The van der Waals surface area contributed by atoms with Gasteiger partial charge in [0.2, 0.25) is 0 Å². The van der Waals surface area contributed by atoms with Crippen molar-refractivity contribution in [2.75, 3.05) is 0 Å². The van der Waals surface area contributed by atoms with Crippen LogP contribution in [0, 0.1) is 17.2 Å². The van der Waals surface area contributed by atoms with Gasteiger partial charge in [0.05, 0.1) is 6.07 Å². The summed E-state index contributed by atoms with van der Waals surface area (Å²) >= 11 is 0. The van der Waals surface area contributed by atoms with E-state index in [1.807, 2.05) is 6.92 Å². The molecule has 0 aliphatic carbocycles. The number of allylic oxidation sites excluding steroid dienone is 1. The van der Waals surface area contributed by atoms with Gasteiger partial charge in [0.25, 0.3) is 0 Å². The van der Waals surface area contributed by atoms with E-state index in [-0.39, 0.29) is 6.10 Å². The Morgan fingerprint density at radius 1 is 1.57 bits per heavy atom. The molecule has 78 valence electrons. The van der Waals surface area contributed by atoms with E-state index in [4.69, 9.17) is 10.00 Å². The van der Waals surface area contributed by atoms with E-state index in [9.17, 15) is 4.79 Å². The van der Waals surface area contributed by atoms with Crippen molar-refractivity contribution in [2.45, 2.75) is 39.7 Å². The number of carbonyl (C=O) groups excluding carboxylic acids is 1. The van der Waals surface area contributed by atoms with Crippen molar-refractivity contribution in [3.8, 4) is 6.07 Å². The van der Waals surface area contributed by atoms with Crippen LogP contribution in [0.4, 0.5) is 0 Å². The zero-order chi connectivity index (χ0) is 11.0. The molecule has 0 heterocycles. The predicted molar refractivity (Wildman–Crippen MR) is 54.4 cm³/mol. The van der Waals surface area contributed by atoms with Crippen LogP contribution >= 0.6 is 0 Å². The molecule has 0 aromatic rings. The summed E-state index contributed by atoms with van der Waals surface area (Å²) in [6.45, 7) is 6.15. The first kappa shape index (κ1) is 12.7. The first-order valence-corrected chi connectivity index (χ1v) is 4.86. The quantitative estimate of drug-likeness (QED) is 0.384. The molecule has 0 saturated carbocycles. The van der Waals surface area contributed by atoms with E-state index >= 15 is 0 Å². The summed E-state index contributed by atoms with van der Waals surface area (Å²) in [5.74, 6) is 0.0757. The van der Waals surface area contributed by atoms with Crippen molar-refractivity contribution in [3.05, 3.63) is 12.2 Å². The summed E-state index contributed by atoms with van der Waals surface area (Å²) in [6.07, 6.45) is 3.92. The molecular formula is C11H17NO2. The van der Waals surface area contributed by atoms with E-state index in [2.05, 4.69) is 13.8 Å². The molecule has 0 bridgehead atoms. The van der Waals surface area contributed by atoms with Crippen LogP contribution in [0.1, 0.15) is 33.6 Å². The fraction of sp³-hybridized carbons (Fsp3) is 0.636. The summed E-state index contributed by atoms with van der Waals surface area (Å²) in [5, 5.41) is 8.21. The number of nitriles is 1.